The first-order chi connectivity index (χ1) is 13.6. The largest absolute Gasteiger partial charge is 0.457 e. The first-order valence-corrected chi connectivity index (χ1v) is 11.2. The van der Waals surface area contributed by atoms with Gasteiger partial charge < -0.3 is 4.74 Å². The molecule has 1 aliphatic heterocycles. The van der Waals surface area contributed by atoms with Crippen molar-refractivity contribution in [2.75, 3.05) is 23.7 Å². The van der Waals surface area contributed by atoms with Gasteiger partial charge in [-0.15, -0.1) is 0 Å². The molecule has 0 radical (unpaired) electrons. The number of esters is 1. The average Bonchev–Trinajstić information content (AvgIpc) is 2.90. The minimum absolute atomic E-state index is 0.0618. The summed E-state index contributed by atoms with van der Waals surface area (Å²) in [4.78, 5) is 24.6. The van der Waals surface area contributed by atoms with Gasteiger partial charge in [-0.1, -0.05) is 0 Å². The van der Waals surface area contributed by atoms with E-state index in [-0.39, 0.29) is 18.8 Å². The van der Waals surface area contributed by atoms with E-state index in [1.54, 1.807) is 22.9 Å². The number of rotatable bonds is 6. The number of sulfonamides is 1. The van der Waals surface area contributed by atoms with Crippen molar-refractivity contribution in [3.05, 3.63) is 46.3 Å². The lowest BCUT2D eigenvalue weighted by atomic mass is 9.99. The number of anilines is 1. The summed E-state index contributed by atoms with van der Waals surface area (Å²) in [5.41, 5.74) is 4.27. The Morgan fingerprint density at radius 1 is 1.24 bits per heavy atom. The van der Waals surface area contributed by atoms with Crippen LogP contribution in [0.1, 0.15) is 39.3 Å². The molecule has 2 heterocycles. The van der Waals surface area contributed by atoms with Crippen LogP contribution in [0, 0.1) is 13.8 Å². The molecule has 0 bridgehead atoms. The fraction of sp³-hybridized carbons (Fsp3) is 0.450. The van der Waals surface area contributed by atoms with Crippen LogP contribution in [0.25, 0.3) is 0 Å². The zero-order valence-electron chi connectivity index (χ0n) is 17.1. The van der Waals surface area contributed by atoms with Crippen molar-refractivity contribution in [2.24, 2.45) is 7.05 Å². The van der Waals surface area contributed by atoms with E-state index in [0.717, 1.165) is 22.5 Å². The van der Waals surface area contributed by atoms with Gasteiger partial charge in [-0.3, -0.25) is 18.6 Å². The van der Waals surface area contributed by atoms with Crippen LogP contribution in [0.3, 0.4) is 0 Å². The normalized spacial score (nSPS) is 13.9. The first-order valence-electron chi connectivity index (χ1n) is 9.36. The molecular formula is C20H25N3O5S. The molecule has 8 nitrogen and oxygen atoms in total. The van der Waals surface area contributed by atoms with Gasteiger partial charge >= 0.3 is 5.97 Å². The summed E-state index contributed by atoms with van der Waals surface area (Å²) in [6, 6.07) is 4.92. The highest BCUT2D eigenvalue weighted by Crippen LogP contribution is 2.30. The van der Waals surface area contributed by atoms with E-state index in [1.807, 2.05) is 20.9 Å². The summed E-state index contributed by atoms with van der Waals surface area (Å²) < 4.78 is 32.1. The average molecular weight is 420 g/mol. The highest BCUT2D eigenvalue weighted by Gasteiger charge is 2.25. The van der Waals surface area contributed by atoms with E-state index in [9.17, 15) is 18.0 Å². The zero-order valence-corrected chi connectivity index (χ0v) is 17.9. The molecule has 9 heteroatoms. The Labute approximate surface area is 170 Å². The Bertz CT molecular complexity index is 1070. The van der Waals surface area contributed by atoms with Gasteiger partial charge in [0.15, 0.2) is 12.4 Å². The second-order valence-electron chi connectivity index (χ2n) is 7.32. The summed E-state index contributed by atoms with van der Waals surface area (Å²) in [5.74, 6) is -0.809. The van der Waals surface area contributed by atoms with Crippen LogP contribution in [0.2, 0.25) is 0 Å². The number of Topliss-reactive ketones (excluding diaryl/α,β-unsaturated/α-hetero) is 1. The van der Waals surface area contributed by atoms with Gasteiger partial charge in [0.1, 0.15) is 0 Å². The summed E-state index contributed by atoms with van der Waals surface area (Å²) >= 11 is 0. The monoisotopic (exact) mass is 419 g/mol. The van der Waals surface area contributed by atoms with Crippen molar-refractivity contribution in [2.45, 2.75) is 33.1 Å². The molecule has 3 rings (SSSR count). The molecule has 1 aromatic carbocycles. The third kappa shape index (κ3) is 4.50. The second kappa shape index (κ2) is 7.98. The van der Waals surface area contributed by atoms with Crippen molar-refractivity contribution in [1.82, 2.24) is 9.78 Å². The summed E-state index contributed by atoms with van der Waals surface area (Å²) in [7, 11) is -1.55. The maximum absolute atomic E-state index is 12.5. The number of fused-ring (bicyclic) bond motifs is 1. The molecule has 2 aromatic rings. The standard InChI is InChI=1S/C20H25N3O5S/c1-13-17(14(2)22(3)21-13)11-20(25)28-12-19(24)16-7-8-18-15(10-16)6-5-9-23(18)29(4,26)27/h7-8,10H,5-6,9,11-12H2,1-4H3. The van der Waals surface area contributed by atoms with Gasteiger partial charge in [0, 0.05) is 30.4 Å². The predicted octanol–water partition coefficient (Wildman–Crippen LogP) is 1.72. The van der Waals surface area contributed by atoms with Gasteiger partial charge in [-0.2, -0.15) is 5.10 Å². The highest BCUT2D eigenvalue weighted by molar-refractivity contribution is 7.92. The minimum Gasteiger partial charge on any atom is -0.457 e. The van der Waals surface area contributed by atoms with Crippen LogP contribution in [0.5, 0.6) is 0 Å². The van der Waals surface area contributed by atoms with E-state index in [2.05, 4.69) is 5.10 Å². The number of aromatic nitrogens is 2. The summed E-state index contributed by atoms with van der Waals surface area (Å²) in [6.07, 6.45) is 2.62. The fourth-order valence-electron chi connectivity index (χ4n) is 3.58. The minimum atomic E-state index is -3.36. The smallest absolute Gasteiger partial charge is 0.310 e. The van der Waals surface area contributed by atoms with Crippen LogP contribution in [-0.4, -0.2) is 49.4 Å². The molecule has 0 spiro atoms. The quantitative estimate of drug-likeness (QED) is 0.522. The summed E-state index contributed by atoms with van der Waals surface area (Å²) in [5, 5.41) is 4.27. The molecule has 156 valence electrons. The Kier molecular flexibility index (Phi) is 5.79. The zero-order chi connectivity index (χ0) is 21.3. The number of nitrogens with zero attached hydrogens (tertiary/aromatic N) is 3. The molecule has 1 aliphatic rings. The van der Waals surface area contributed by atoms with Crippen molar-refractivity contribution in [3.8, 4) is 0 Å². The first kappa shape index (κ1) is 21.0. The van der Waals surface area contributed by atoms with E-state index in [1.165, 1.54) is 10.6 Å². The number of carbonyl (C=O) groups is 2. The lowest BCUT2D eigenvalue weighted by Gasteiger charge is -2.29. The van der Waals surface area contributed by atoms with Crippen molar-refractivity contribution >= 4 is 27.5 Å². The van der Waals surface area contributed by atoms with Crippen LogP contribution >= 0.6 is 0 Å². The molecule has 0 aliphatic carbocycles. The lowest BCUT2D eigenvalue weighted by Crippen LogP contribution is -2.34. The predicted molar refractivity (Wildman–Crippen MR) is 109 cm³/mol. The van der Waals surface area contributed by atoms with E-state index in [0.29, 0.717) is 30.6 Å². The molecule has 0 saturated carbocycles. The molecule has 1 aromatic heterocycles. The van der Waals surface area contributed by atoms with Crippen LogP contribution in [0.4, 0.5) is 5.69 Å². The number of benzene rings is 1. The number of carbonyl (C=O) groups excluding carboxylic acids is 2. The van der Waals surface area contributed by atoms with Crippen LogP contribution in [-0.2, 0) is 39.4 Å². The molecule has 0 fully saturated rings. The highest BCUT2D eigenvalue weighted by atomic mass is 32.2. The number of ketones is 1. The SMILES string of the molecule is Cc1nn(C)c(C)c1CC(=O)OCC(=O)c1ccc2c(c1)CCCN2S(C)(=O)=O. The number of aryl methyl sites for hydroxylation is 3. The second-order valence-corrected chi connectivity index (χ2v) is 9.22. The molecule has 0 unspecified atom stereocenters. The van der Waals surface area contributed by atoms with Crippen molar-refractivity contribution in [3.63, 3.8) is 0 Å². The summed E-state index contributed by atoms with van der Waals surface area (Å²) in [6.45, 7) is 3.78. The van der Waals surface area contributed by atoms with Gasteiger partial charge in [0.25, 0.3) is 0 Å². The Morgan fingerprint density at radius 3 is 2.59 bits per heavy atom. The van der Waals surface area contributed by atoms with Crippen LogP contribution in [0.15, 0.2) is 18.2 Å². The van der Waals surface area contributed by atoms with Crippen LogP contribution < -0.4 is 4.31 Å². The number of ether oxygens (including phenoxy) is 1. The molecule has 0 saturated heterocycles. The van der Waals surface area contributed by atoms with Gasteiger partial charge in [0.2, 0.25) is 10.0 Å². The van der Waals surface area contributed by atoms with Gasteiger partial charge in [-0.25, -0.2) is 8.42 Å². The number of hydrogen-bond donors (Lipinski definition) is 0. The van der Waals surface area contributed by atoms with Crippen molar-refractivity contribution in [1.29, 1.82) is 0 Å². The maximum Gasteiger partial charge on any atom is 0.310 e. The third-order valence-electron chi connectivity index (χ3n) is 5.22. The Morgan fingerprint density at radius 2 is 1.97 bits per heavy atom. The van der Waals surface area contributed by atoms with Gasteiger partial charge in [0.05, 0.1) is 24.1 Å². The molecule has 0 amide bonds. The van der Waals surface area contributed by atoms with E-state index in [4.69, 9.17) is 4.74 Å². The molecule has 0 atom stereocenters. The molecular weight excluding hydrogens is 394 g/mol. The molecule has 0 N–H and O–H groups in total. The van der Waals surface area contributed by atoms with E-state index >= 15 is 0 Å². The third-order valence-corrected chi connectivity index (χ3v) is 6.40. The Hall–Kier alpha value is -2.68. The number of hydrogen-bond acceptors (Lipinski definition) is 6. The topological polar surface area (TPSA) is 98.6 Å². The Balaban J connectivity index is 1.66. The van der Waals surface area contributed by atoms with Crippen molar-refractivity contribution < 1.29 is 22.7 Å². The van der Waals surface area contributed by atoms with Gasteiger partial charge in [-0.05, 0) is 50.5 Å². The maximum atomic E-state index is 12.5. The molecule has 29 heavy (non-hydrogen) atoms. The lowest BCUT2D eigenvalue weighted by molar-refractivity contribution is -0.141. The fourth-order valence-corrected chi connectivity index (χ4v) is 4.57. The van der Waals surface area contributed by atoms with E-state index < -0.39 is 16.0 Å².